The van der Waals surface area contributed by atoms with E-state index in [2.05, 4.69) is 5.32 Å². The van der Waals surface area contributed by atoms with Crippen molar-refractivity contribution in [2.45, 2.75) is 25.5 Å². The van der Waals surface area contributed by atoms with Crippen LogP contribution in [0, 0.1) is 12.8 Å². The molecule has 3 atom stereocenters. The van der Waals surface area contributed by atoms with Gasteiger partial charge in [0.2, 0.25) is 5.91 Å². The Morgan fingerprint density at radius 2 is 2.25 bits per heavy atom. The van der Waals surface area contributed by atoms with E-state index >= 15 is 0 Å². The SMILES string of the molecule is CNC(=O)[C@H]1CN(C(=O)c2ccc(C)s2)[C@@H]2CCO[C@H]12. The average Bonchev–Trinajstić information content (AvgIpc) is 3.12. The molecule has 5 nitrogen and oxygen atoms in total. The minimum Gasteiger partial charge on any atom is -0.375 e. The van der Waals surface area contributed by atoms with E-state index in [0.717, 1.165) is 16.2 Å². The number of ether oxygens (including phenoxy) is 1. The number of hydrogen-bond donors (Lipinski definition) is 1. The van der Waals surface area contributed by atoms with Crippen LogP contribution in [0.4, 0.5) is 0 Å². The second-order valence-corrected chi connectivity index (χ2v) is 6.57. The summed E-state index contributed by atoms with van der Waals surface area (Å²) in [5.74, 6) is -0.271. The van der Waals surface area contributed by atoms with Crippen molar-refractivity contribution in [3.05, 3.63) is 21.9 Å². The molecule has 6 heteroatoms. The van der Waals surface area contributed by atoms with E-state index in [1.54, 1.807) is 7.05 Å². The second kappa shape index (κ2) is 5.18. The number of thiophene rings is 1. The molecule has 2 saturated heterocycles. The number of rotatable bonds is 2. The number of carbonyl (C=O) groups excluding carboxylic acids is 2. The van der Waals surface area contributed by atoms with Crippen molar-refractivity contribution in [1.82, 2.24) is 10.2 Å². The summed E-state index contributed by atoms with van der Waals surface area (Å²) < 4.78 is 5.68. The van der Waals surface area contributed by atoms with E-state index < -0.39 is 0 Å². The van der Waals surface area contributed by atoms with Gasteiger partial charge >= 0.3 is 0 Å². The number of nitrogens with zero attached hydrogens (tertiary/aromatic N) is 1. The smallest absolute Gasteiger partial charge is 0.264 e. The third kappa shape index (κ3) is 2.13. The molecule has 3 rings (SSSR count). The van der Waals surface area contributed by atoms with E-state index in [4.69, 9.17) is 4.74 Å². The fourth-order valence-electron chi connectivity index (χ4n) is 3.11. The summed E-state index contributed by atoms with van der Waals surface area (Å²) in [4.78, 5) is 28.2. The van der Waals surface area contributed by atoms with Crippen molar-refractivity contribution in [1.29, 1.82) is 0 Å². The van der Waals surface area contributed by atoms with Crippen LogP contribution in [0.25, 0.3) is 0 Å². The lowest BCUT2D eigenvalue weighted by atomic mass is 10.0. The molecule has 2 amide bonds. The molecule has 1 N–H and O–H groups in total. The van der Waals surface area contributed by atoms with E-state index in [0.29, 0.717) is 13.2 Å². The summed E-state index contributed by atoms with van der Waals surface area (Å²) >= 11 is 1.50. The van der Waals surface area contributed by atoms with E-state index in [9.17, 15) is 9.59 Å². The molecular formula is C14H18N2O3S. The van der Waals surface area contributed by atoms with Gasteiger partial charge < -0.3 is 15.0 Å². The first-order valence-electron chi connectivity index (χ1n) is 6.82. The van der Waals surface area contributed by atoms with Gasteiger partial charge in [0, 0.05) is 25.1 Å². The monoisotopic (exact) mass is 294 g/mol. The Kier molecular flexibility index (Phi) is 3.52. The summed E-state index contributed by atoms with van der Waals surface area (Å²) in [5, 5.41) is 2.67. The standard InChI is InChI=1S/C14H18N2O3S/c1-8-3-4-11(20-8)14(18)16-7-9(13(17)15-2)12-10(16)5-6-19-12/h3-4,9-10,12H,5-7H2,1-2H3,(H,15,17)/t9-,10+,12+/m0/s1. The van der Waals surface area contributed by atoms with Crippen LogP contribution in [0.5, 0.6) is 0 Å². The quantitative estimate of drug-likeness (QED) is 0.886. The topological polar surface area (TPSA) is 58.6 Å². The van der Waals surface area contributed by atoms with Crippen LogP contribution in [0.2, 0.25) is 0 Å². The van der Waals surface area contributed by atoms with Gasteiger partial charge in [-0.15, -0.1) is 11.3 Å². The molecule has 20 heavy (non-hydrogen) atoms. The van der Waals surface area contributed by atoms with Gasteiger partial charge in [0.1, 0.15) is 0 Å². The van der Waals surface area contributed by atoms with E-state index in [1.165, 1.54) is 11.3 Å². The molecule has 2 aliphatic rings. The van der Waals surface area contributed by atoms with Crippen molar-refractivity contribution in [3.8, 4) is 0 Å². The van der Waals surface area contributed by atoms with Crippen LogP contribution >= 0.6 is 11.3 Å². The van der Waals surface area contributed by atoms with E-state index in [1.807, 2.05) is 24.0 Å². The van der Waals surface area contributed by atoms with Gasteiger partial charge in [-0.25, -0.2) is 0 Å². The zero-order valence-corrected chi connectivity index (χ0v) is 12.4. The van der Waals surface area contributed by atoms with Crippen molar-refractivity contribution in [2.75, 3.05) is 20.2 Å². The minimum atomic E-state index is -0.252. The largest absolute Gasteiger partial charge is 0.375 e. The van der Waals surface area contributed by atoms with Crippen LogP contribution in [0.15, 0.2) is 12.1 Å². The van der Waals surface area contributed by atoms with Gasteiger partial charge in [0.25, 0.3) is 5.91 Å². The van der Waals surface area contributed by atoms with Gasteiger partial charge in [0.05, 0.1) is 22.9 Å². The first-order valence-corrected chi connectivity index (χ1v) is 7.64. The maximum absolute atomic E-state index is 12.6. The fraction of sp³-hybridized carbons (Fsp3) is 0.571. The first-order chi connectivity index (χ1) is 9.61. The zero-order chi connectivity index (χ0) is 14.3. The van der Waals surface area contributed by atoms with Crippen molar-refractivity contribution in [3.63, 3.8) is 0 Å². The summed E-state index contributed by atoms with van der Waals surface area (Å²) in [6.45, 7) is 3.06. The Balaban J connectivity index is 1.83. The van der Waals surface area contributed by atoms with Gasteiger partial charge in [-0.2, -0.15) is 0 Å². The van der Waals surface area contributed by atoms with Crippen molar-refractivity contribution in [2.24, 2.45) is 5.92 Å². The maximum Gasteiger partial charge on any atom is 0.264 e. The highest BCUT2D eigenvalue weighted by Crippen LogP contribution is 2.35. The molecule has 0 bridgehead atoms. The van der Waals surface area contributed by atoms with Crippen LogP contribution in [-0.2, 0) is 9.53 Å². The molecule has 2 aliphatic heterocycles. The molecule has 108 valence electrons. The molecule has 0 radical (unpaired) electrons. The van der Waals surface area contributed by atoms with Gasteiger partial charge in [-0.05, 0) is 25.5 Å². The molecular weight excluding hydrogens is 276 g/mol. The molecule has 2 fully saturated rings. The molecule has 0 unspecified atom stereocenters. The molecule has 1 aromatic rings. The first kappa shape index (κ1) is 13.6. The Morgan fingerprint density at radius 3 is 2.90 bits per heavy atom. The predicted molar refractivity (Wildman–Crippen MR) is 75.8 cm³/mol. The molecule has 0 spiro atoms. The lowest BCUT2D eigenvalue weighted by Gasteiger charge is -2.21. The normalized spacial score (nSPS) is 28.5. The van der Waals surface area contributed by atoms with E-state index in [-0.39, 0.29) is 29.9 Å². The second-order valence-electron chi connectivity index (χ2n) is 5.28. The average molecular weight is 294 g/mol. The molecule has 1 aromatic heterocycles. The van der Waals surface area contributed by atoms with Crippen LogP contribution in [0.3, 0.4) is 0 Å². The Bertz CT molecular complexity index is 542. The molecule has 0 saturated carbocycles. The fourth-order valence-corrected chi connectivity index (χ4v) is 3.93. The Labute approximate surface area is 121 Å². The zero-order valence-electron chi connectivity index (χ0n) is 11.6. The number of hydrogen-bond acceptors (Lipinski definition) is 4. The Morgan fingerprint density at radius 1 is 1.45 bits per heavy atom. The summed E-state index contributed by atoms with van der Waals surface area (Å²) in [7, 11) is 1.62. The number of fused-ring (bicyclic) bond motifs is 1. The third-order valence-electron chi connectivity index (χ3n) is 4.09. The Hall–Kier alpha value is -1.40. The molecule has 0 aliphatic carbocycles. The number of amides is 2. The highest BCUT2D eigenvalue weighted by Gasteiger charge is 2.50. The predicted octanol–water partition coefficient (Wildman–Crippen LogP) is 1.03. The van der Waals surface area contributed by atoms with Crippen LogP contribution in [0.1, 0.15) is 21.0 Å². The third-order valence-corrected chi connectivity index (χ3v) is 5.08. The summed E-state index contributed by atoms with van der Waals surface area (Å²) in [5.41, 5.74) is 0. The summed E-state index contributed by atoms with van der Waals surface area (Å²) in [6.07, 6.45) is 0.661. The van der Waals surface area contributed by atoms with Crippen LogP contribution in [-0.4, -0.2) is 49.1 Å². The number of likely N-dealkylation sites (tertiary alicyclic amines) is 1. The highest BCUT2D eigenvalue weighted by molar-refractivity contribution is 7.13. The maximum atomic E-state index is 12.6. The lowest BCUT2D eigenvalue weighted by Crippen LogP contribution is -2.36. The van der Waals surface area contributed by atoms with Gasteiger partial charge in [-0.3, -0.25) is 9.59 Å². The van der Waals surface area contributed by atoms with Gasteiger partial charge in [0.15, 0.2) is 0 Å². The highest BCUT2D eigenvalue weighted by atomic mass is 32.1. The lowest BCUT2D eigenvalue weighted by molar-refractivity contribution is -0.127. The number of aryl methyl sites for hydroxylation is 1. The number of carbonyl (C=O) groups is 2. The molecule has 0 aromatic carbocycles. The number of nitrogens with one attached hydrogen (secondary N) is 1. The van der Waals surface area contributed by atoms with Crippen LogP contribution < -0.4 is 5.32 Å². The minimum absolute atomic E-state index is 0.0232. The van der Waals surface area contributed by atoms with Crippen molar-refractivity contribution < 1.29 is 14.3 Å². The summed E-state index contributed by atoms with van der Waals surface area (Å²) in [6, 6.07) is 3.85. The van der Waals surface area contributed by atoms with Crippen molar-refractivity contribution >= 4 is 23.2 Å². The molecule has 3 heterocycles. The van der Waals surface area contributed by atoms with Gasteiger partial charge in [-0.1, -0.05) is 0 Å².